The number of carbonyl (C=O) groups is 1. The van der Waals surface area contributed by atoms with Crippen molar-refractivity contribution in [3.63, 3.8) is 0 Å². The lowest BCUT2D eigenvalue weighted by Gasteiger charge is -2.36. The van der Waals surface area contributed by atoms with Gasteiger partial charge in [0.1, 0.15) is 5.82 Å². The molecular weight excluding hydrogens is 348 g/mol. The van der Waals surface area contributed by atoms with Crippen molar-refractivity contribution in [3.05, 3.63) is 54.1 Å². The highest BCUT2D eigenvalue weighted by atomic mass is 16.2. The molecule has 1 amide bonds. The number of hydrogen-bond acceptors (Lipinski definition) is 3. The molecule has 0 unspecified atom stereocenters. The molecule has 5 rings (SSSR count). The maximum Gasteiger partial charge on any atom is 0.224 e. The Kier molecular flexibility index (Phi) is 6.10. The summed E-state index contributed by atoms with van der Waals surface area (Å²) in [6.07, 6.45) is 9.11. The van der Waals surface area contributed by atoms with E-state index >= 15 is 0 Å². The van der Waals surface area contributed by atoms with Crippen LogP contribution in [-0.4, -0.2) is 57.5 Å². The molecule has 1 aromatic carbocycles. The molecule has 0 N–H and O–H groups in total. The van der Waals surface area contributed by atoms with E-state index in [2.05, 4.69) is 49.7 Å². The smallest absolute Gasteiger partial charge is 0.224 e. The van der Waals surface area contributed by atoms with Gasteiger partial charge >= 0.3 is 0 Å². The standard InChI is InChI=1S/C23H32N4O/c1-19-24-12-15-26(19)14-11-23(28)27-17-21-9-10-22(27)18-25(16-21)13-5-8-20-6-3-2-4-7-20/h2-4,6-7,12,15,21-22H,5,8-11,13-14,16-18H2,1H3/t21-,22+/m0/s1. The Morgan fingerprint density at radius 3 is 2.75 bits per heavy atom. The van der Waals surface area contributed by atoms with Crippen LogP contribution >= 0.6 is 0 Å². The number of rotatable bonds is 7. The number of aromatic nitrogens is 2. The number of benzene rings is 1. The number of piperidine rings is 1. The lowest BCUT2D eigenvalue weighted by Crippen LogP contribution is -2.47. The summed E-state index contributed by atoms with van der Waals surface area (Å²) in [5, 5.41) is 0. The summed E-state index contributed by atoms with van der Waals surface area (Å²) in [7, 11) is 0. The first kappa shape index (κ1) is 19.2. The zero-order valence-corrected chi connectivity index (χ0v) is 17.0. The predicted molar refractivity (Wildman–Crippen MR) is 111 cm³/mol. The molecule has 0 aliphatic carbocycles. The van der Waals surface area contributed by atoms with E-state index in [-0.39, 0.29) is 0 Å². The highest BCUT2D eigenvalue weighted by molar-refractivity contribution is 5.76. The van der Waals surface area contributed by atoms with E-state index in [4.69, 9.17) is 0 Å². The van der Waals surface area contributed by atoms with Crippen molar-refractivity contribution in [2.45, 2.75) is 51.6 Å². The summed E-state index contributed by atoms with van der Waals surface area (Å²) < 4.78 is 2.07. The summed E-state index contributed by atoms with van der Waals surface area (Å²) in [5.74, 6) is 1.93. The van der Waals surface area contributed by atoms with Crippen molar-refractivity contribution < 1.29 is 4.79 Å². The van der Waals surface area contributed by atoms with Gasteiger partial charge in [0.2, 0.25) is 5.91 Å². The molecule has 3 saturated heterocycles. The average molecular weight is 381 g/mol. The molecule has 0 saturated carbocycles. The molecule has 2 atom stereocenters. The van der Waals surface area contributed by atoms with Crippen LogP contribution in [-0.2, 0) is 17.8 Å². The van der Waals surface area contributed by atoms with Crippen molar-refractivity contribution >= 4 is 5.91 Å². The van der Waals surface area contributed by atoms with Crippen LogP contribution in [0.3, 0.4) is 0 Å². The van der Waals surface area contributed by atoms with Gasteiger partial charge in [-0.15, -0.1) is 0 Å². The second-order valence-electron chi connectivity index (χ2n) is 8.41. The van der Waals surface area contributed by atoms with Gasteiger partial charge in [-0.25, -0.2) is 4.98 Å². The van der Waals surface area contributed by atoms with E-state index in [1.165, 1.54) is 18.4 Å². The normalized spacial score (nSPS) is 22.4. The van der Waals surface area contributed by atoms with Crippen molar-refractivity contribution in [2.24, 2.45) is 5.92 Å². The molecule has 3 aliphatic heterocycles. The predicted octanol–water partition coefficient (Wildman–Crippen LogP) is 3.14. The van der Waals surface area contributed by atoms with Gasteiger partial charge < -0.3 is 14.4 Å². The summed E-state index contributed by atoms with van der Waals surface area (Å²) in [6, 6.07) is 11.2. The van der Waals surface area contributed by atoms with Crippen LogP contribution < -0.4 is 0 Å². The monoisotopic (exact) mass is 380 g/mol. The van der Waals surface area contributed by atoms with Crippen molar-refractivity contribution in [2.75, 3.05) is 26.2 Å². The highest BCUT2D eigenvalue weighted by Gasteiger charge is 2.36. The summed E-state index contributed by atoms with van der Waals surface area (Å²) in [5.41, 5.74) is 1.42. The summed E-state index contributed by atoms with van der Waals surface area (Å²) in [6.45, 7) is 7.00. The van der Waals surface area contributed by atoms with Gasteiger partial charge in [0.25, 0.3) is 0 Å². The fraction of sp³-hybridized carbons (Fsp3) is 0.565. The number of carbonyl (C=O) groups excluding carboxylic acids is 1. The average Bonchev–Trinajstić information content (AvgIpc) is 2.92. The third-order valence-corrected chi connectivity index (χ3v) is 6.38. The quantitative estimate of drug-likeness (QED) is 0.741. The van der Waals surface area contributed by atoms with E-state index in [1.807, 2.05) is 13.1 Å². The number of amides is 1. The second kappa shape index (κ2) is 8.91. The molecule has 4 heterocycles. The van der Waals surface area contributed by atoms with E-state index in [0.29, 0.717) is 24.3 Å². The van der Waals surface area contributed by atoms with Crippen LogP contribution in [0.4, 0.5) is 0 Å². The first-order valence-corrected chi connectivity index (χ1v) is 10.7. The van der Waals surface area contributed by atoms with Crippen LogP contribution in [0, 0.1) is 12.8 Å². The van der Waals surface area contributed by atoms with Gasteiger partial charge in [0, 0.05) is 51.0 Å². The number of aryl methyl sites for hydroxylation is 3. The zero-order valence-electron chi connectivity index (χ0n) is 17.0. The van der Waals surface area contributed by atoms with Gasteiger partial charge in [-0.2, -0.15) is 0 Å². The topological polar surface area (TPSA) is 41.4 Å². The van der Waals surface area contributed by atoms with E-state index in [9.17, 15) is 4.79 Å². The first-order valence-electron chi connectivity index (χ1n) is 10.7. The maximum absolute atomic E-state index is 12.9. The lowest BCUT2D eigenvalue weighted by atomic mass is 9.94. The fourth-order valence-electron chi connectivity index (χ4n) is 4.82. The number of imidazole rings is 1. The molecule has 28 heavy (non-hydrogen) atoms. The van der Waals surface area contributed by atoms with E-state index < -0.39 is 0 Å². The van der Waals surface area contributed by atoms with Crippen LogP contribution in [0.5, 0.6) is 0 Å². The number of hydrogen-bond donors (Lipinski definition) is 0. The molecule has 150 valence electrons. The Morgan fingerprint density at radius 1 is 1.11 bits per heavy atom. The highest BCUT2D eigenvalue weighted by Crippen LogP contribution is 2.28. The molecule has 5 heteroatoms. The molecule has 2 aromatic rings. The van der Waals surface area contributed by atoms with Gasteiger partial charge in [-0.3, -0.25) is 4.79 Å². The fourth-order valence-corrected chi connectivity index (χ4v) is 4.82. The van der Waals surface area contributed by atoms with Crippen LogP contribution in [0.2, 0.25) is 0 Å². The van der Waals surface area contributed by atoms with Gasteiger partial charge in [0.05, 0.1) is 0 Å². The Labute approximate surface area is 168 Å². The van der Waals surface area contributed by atoms with Crippen molar-refractivity contribution in [3.8, 4) is 0 Å². The third-order valence-electron chi connectivity index (χ3n) is 6.38. The minimum Gasteiger partial charge on any atom is -0.338 e. The number of fused-ring (bicyclic) bond motifs is 4. The molecule has 1 aromatic heterocycles. The molecule has 0 spiro atoms. The molecule has 0 radical (unpaired) electrons. The molecule has 3 fully saturated rings. The largest absolute Gasteiger partial charge is 0.338 e. The van der Waals surface area contributed by atoms with Gasteiger partial charge in [0.15, 0.2) is 0 Å². The Hall–Kier alpha value is -2.14. The van der Waals surface area contributed by atoms with Crippen molar-refractivity contribution in [1.29, 1.82) is 0 Å². The number of nitrogens with zero attached hydrogens (tertiary/aromatic N) is 4. The minimum atomic E-state index is 0.314. The van der Waals surface area contributed by atoms with Gasteiger partial charge in [-0.1, -0.05) is 30.3 Å². The minimum absolute atomic E-state index is 0.314. The molecule has 2 bridgehead atoms. The molecular formula is C23H32N4O. The van der Waals surface area contributed by atoms with E-state index in [0.717, 1.165) is 51.4 Å². The van der Waals surface area contributed by atoms with E-state index in [1.54, 1.807) is 6.20 Å². The van der Waals surface area contributed by atoms with Crippen LogP contribution in [0.1, 0.15) is 37.1 Å². The van der Waals surface area contributed by atoms with Crippen LogP contribution in [0.15, 0.2) is 42.7 Å². The van der Waals surface area contributed by atoms with Gasteiger partial charge in [-0.05, 0) is 50.6 Å². The Morgan fingerprint density at radius 2 is 1.96 bits per heavy atom. The SMILES string of the molecule is Cc1nccn1CCC(=O)N1C[C@H]2CC[C@@H]1CN(CCCc1ccccc1)C2. The third kappa shape index (κ3) is 4.64. The summed E-state index contributed by atoms with van der Waals surface area (Å²) >= 11 is 0. The molecule has 3 aliphatic rings. The summed E-state index contributed by atoms with van der Waals surface area (Å²) in [4.78, 5) is 22.0. The van der Waals surface area contributed by atoms with Crippen LogP contribution in [0.25, 0.3) is 0 Å². The lowest BCUT2D eigenvalue weighted by molar-refractivity contribution is -0.135. The van der Waals surface area contributed by atoms with Crippen molar-refractivity contribution in [1.82, 2.24) is 19.4 Å². The maximum atomic E-state index is 12.9. The first-order chi connectivity index (χ1) is 13.7. The Balaban J connectivity index is 1.29. The molecule has 5 nitrogen and oxygen atoms in total. The Bertz CT molecular complexity index is 772. The zero-order chi connectivity index (χ0) is 19.3. The second-order valence-corrected chi connectivity index (χ2v) is 8.41.